The van der Waals surface area contributed by atoms with Gasteiger partial charge in [0.05, 0.1) is 7.11 Å². The lowest BCUT2D eigenvalue weighted by Gasteiger charge is -2.26. The Morgan fingerprint density at radius 2 is 1.52 bits per heavy atom. The summed E-state index contributed by atoms with van der Waals surface area (Å²) in [7, 11) is 1.33. The van der Waals surface area contributed by atoms with E-state index in [2.05, 4.69) is 19.1 Å². The molecule has 0 unspecified atom stereocenters. The minimum Gasteiger partial charge on any atom is -0.494 e. The van der Waals surface area contributed by atoms with E-state index in [-0.39, 0.29) is 11.3 Å². The highest BCUT2D eigenvalue weighted by molar-refractivity contribution is 5.65. The summed E-state index contributed by atoms with van der Waals surface area (Å²) < 4.78 is 32.8. The average molecular weight is 316 g/mol. The van der Waals surface area contributed by atoms with Gasteiger partial charge in [0.1, 0.15) is 0 Å². The van der Waals surface area contributed by atoms with Crippen LogP contribution in [-0.4, -0.2) is 7.11 Å². The summed E-state index contributed by atoms with van der Waals surface area (Å²) in [6.07, 6.45) is 4.97. The van der Waals surface area contributed by atoms with Gasteiger partial charge in [-0.15, -0.1) is 0 Å². The Bertz CT molecular complexity index is 671. The zero-order valence-electron chi connectivity index (χ0n) is 13.6. The lowest BCUT2D eigenvalue weighted by Crippen LogP contribution is -2.10. The zero-order valence-corrected chi connectivity index (χ0v) is 13.6. The second-order valence-electron chi connectivity index (χ2n) is 6.52. The van der Waals surface area contributed by atoms with Gasteiger partial charge in [-0.05, 0) is 47.9 Å². The first-order chi connectivity index (χ1) is 11.1. The van der Waals surface area contributed by atoms with Gasteiger partial charge in [-0.25, -0.2) is 4.39 Å². The Morgan fingerprint density at radius 1 is 0.870 bits per heavy atom. The molecule has 0 heterocycles. The maximum atomic E-state index is 14.2. The second-order valence-corrected chi connectivity index (χ2v) is 6.52. The van der Waals surface area contributed by atoms with Crippen LogP contribution in [0.25, 0.3) is 11.1 Å². The van der Waals surface area contributed by atoms with Crippen LogP contribution >= 0.6 is 0 Å². The van der Waals surface area contributed by atoms with Gasteiger partial charge < -0.3 is 4.74 Å². The largest absolute Gasteiger partial charge is 0.494 e. The Hall–Kier alpha value is -1.90. The molecule has 0 bridgehead atoms. The molecule has 3 rings (SSSR count). The van der Waals surface area contributed by atoms with Gasteiger partial charge in [0, 0.05) is 5.56 Å². The van der Waals surface area contributed by atoms with Gasteiger partial charge >= 0.3 is 0 Å². The van der Waals surface area contributed by atoms with Crippen LogP contribution in [0, 0.1) is 17.6 Å². The molecular formula is C20H22F2O. The van der Waals surface area contributed by atoms with Gasteiger partial charge in [-0.2, -0.15) is 4.39 Å². The van der Waals surface area contributed by atoms with Crippen molar-refractivity contribution >= 4 is 0 Å². The third-order valence-electron chi connectivity index (χ3n) is 4.98. The minimum absolute atomic E-state index is 0.0702. The Balaban J connectivity index is 1.84. The van der Waals surface area contributed by atoms with Crippen molar-refractivity contribution in [3.63, 3.8) is 0 Å². The molecule has 0 radical (unpaired) electrons. The molecule has 23 heavy (non-hydrogen) atoms. The molecule has 2 aromatic rings. The van der Waals surface area contributed by atoms with Crippen molar-refractivity contribution in [1.82, 2.24) is 0 Å². The highest BCUT2D eigenvalue weighted by Gasteiger charge is 2.20. The summed E-state index contributed by atoms with van der Waals surface area (Å²) in [4.78, 5) is 0. The number of benzene rings is 2. The fourth-order valence-corrected chi connectivity index (χ4v) is 3.44. The minimum atomic E-state index is -0.935. The van der Waals surface area contributed by atoms with Crippen molar-refractivity contribution in [2.24, 2.45) is 5.92 Å². The van der Waals surface area contributed by atoms with Gasteiger partial charge in [0.15, 0.2) is 11.6 Å². The van der Waals surface area contributed by atoms with Crippen LogP contribution in [0.5, 0.6) is 5.75 Å². The first-order valence-electron chi connectivity index (χ1n) is 8.22. The summed E-state index contributed by atoms with van der Waals surface area (Å²) in [6, 6.07) is 10.9. The molecule has 0 aromatic heterocycles. The molecule has 2 aromatic carbocycles. The van der Waals surface area contributed by atoms with Crippen LogP contribution < -0.4 is 4.74 Å². The maximum Gasteiger partial charge on any atom is 0.201 e. The molecule has 0 N–H and O–H groups in total. The van der Waals surface area contributed by atoms with E-state index in [1.54, 1.807) is 6.07 Å². The summed E-state index contributed by atoms with van der Waals surface area (Å²) >= 11 is 0. The third kappa shape index (κ3) is 3.24. The summed E-state index contributed by atoms with van der Waals surface area (Å²) in [6.45, 7) is 2.31. The zero-order chi connectivity index (χ0) is 16.4. The molecule has 1 nitrogen and oxygen atoms in total. The average Bonchev–Trinajstić information content (AvgIpc) is 2.58. The predicted molar refractivity (Wildman–Crippen MR) is 88.7 cm³/mol. The SMILES string of the molecule is COc1ccc(-c2ccc(C3CCC(C)CC3)cc2)c(F)c1F. The Kier molecular flexibility index (Phi) is 4.65. The smallest absolute Gasteiger partial charge is 0.201 e. The molecule has 3 heteroatoms. The molecule has 1 aliphatic carbocycles. The maximum absolute atomic E-state index is 14.2. The highest BCUT2D eigenvalue weighted by atomic mass is 19.2. The van der Waals surface area contributed by atoms with Crippen LogP contribution in [0.3, 0.4) is 0 Å². The van der Waals surface area contributed by atoms with Crippen LogP contribution in [-0.2, 0) is 0 Å². The number of rotatable bonds is 3. The normalized spacial score (nSPS) is 21.2. The van der Waals surface area contributed by atoms with Gasteiger partial charge in [-0.3, -0.25) is 0 Å². The monoisotopic (exact) mass is 316 g/mol. The number of hydrogen-bond acceptors (Lipinski definition) is 1. The van der Waals surface area contributed by atoms with Crippen LogP contribution in [0.4, 0.5) is 8.78 Å². The third-order valence-corrected chi connectivity index (χ3v) is 4.98. The van der Waals surface area contributed by atoms with E-state index >= 15 is 0 Å². The molecule has 0 atom stereocenters. The topological polar surface area (TPSA) is 9.23 Å². The van der Waals surface area contributed by atoms with E-state index in [9.17, 15) is 8.78 Å². The van der Waals surface area contributed by atoms with Crippen molar-refractivity contribution < 1.29 is 13.5 Å². The second kappa shape index (κ2) is 6.69. The molecule has 0 amide bonds. The van der Waals surface area contributed by atoms with Crippen molar-refractivity contribution in [3.05, 3.63) is 53.6 Å². The molecule has 0 aliphatic heterocycles. The van der Waals surface area contributed by atoms with E-state index < -0.39 is 11.6 Å². The lowest BCUT2D eigenvalue weighted by atomic mass is 9.79. The molecule has 1 fully saturated rings. The Morgan fingerprint density at radius 3 is 2.13 bits per heavy atom. The molecule has 0 spiro atoms. The van der Waals surface area contributed by atoms with Gasteiger partial charge in [0.2, 0.25) is 5.82 Å². The van der Waals surface area contributed by atoms with E-state index in [0.717, 1.165) is 5.92 Å². The van der Waals surface area contributed by atoms with Crippen molar-refractivity contribution in [1.29, 1.82) is 0 Å². The standard InChI is InChI=1S/C20H22F2O/c1-13-3-5-14(6-4-13)15-7-9-16(10-8-15)17-11-12-18(23-2)20(22)19(17)21/h7-14H,3-6H2,1-2H3. The van der Waals surface area contributed by atoms with Crippen molar-refractivity contribution in [2.45, 2.75) is 38.5 Å². The molecule has 1 saturated carbocycles. The van der Waals surface area contributed by atoms with Crippen LogP contribution in [0.15, 0.2) is 36.4 Å². The fourth-order valence-electron chi connectivity index (χ4n) is 3.44. The Labute approximate surface area is 136 Å². The molecule has 122 valence electrons. The summed E-state index contributed by atoms with van der Waals surface area (Å²) in [5.41, 5.74) is 2.26. The van der Waals surface area contributed by atoms with E-state index in [4.69, 9.17) is 4.74 Å². The fraction of sp³-hybridized carbons (Fsp3) is 0.400. The first-order valence-corrected chi connectivity index (χ1v) is 8.22. The number of halogens is 2. The van der Waals surface area contributed by atoms with E-state index in [0.29, 0.717) is 11.5 Å². The predicted octanol–water partition coefficient (Wildman–Crippen LogP) is 5.93. The quantitative estimate of drug-likeness (QED) is 0.681. The van der Waals surface area contributed by atoms with Gasteiger partial charge in [-0.1, -0.05) is 44.0 Å². The lowest BCUT2D eigenvalue weighted by molar-refractivity contribution is 0.348. The van der Waals surface area contributed by atoms with Crippen LogP contribution in [0.2, 0.25) is 0 Å². The van der Waals surface area contributed by atoms with Crippen molar-refractivity contribution in [3.8, 4) is 16.9 Å². The van der Waals surface area contributed by atoms with Gasteiger partial charge in [0.25, 0.3) is 0 Å². The molecular weight excluding hydrogens is 294 g/mol. The van der Waals surface area contributed by atoms with Crippen molar-refractivity contribution in [2.75, 3.05) is 7.11 Å². The molecule has 1 aliphatic rings. The summed E-state index contributed by atoms with van der Waals surface area (Å²) in [5.74, 6) is -0.447. The number of hydrogen-bond donors (Lipinski definition) is 0. The van der Waals surface area contributed by atoms with E-state index in [1.165, 1.54) is 44.4 Å². The van der Waals surface area contributed by atoms with E-state index in [1.807, 2.05) is 12.1 Å². The number of ether oxygens (including phenoxy) is 1. The first kappa shape index (κ1) is 16.0. The number of methoxy groups -OCH3 is 1. The highest BCUT2D eigenvalue weighted by Crippen LogP contribution is 2.36. The van der Waals surface area contributed by atoms with Crippen LogP contribution in [0.1, 0.15) is 44.1 Å². The molecule has 0 saturated heterocycles. The summed E-state index contributed by atoms with van der Waals surface area (Å²) in [5, 5.41) is 0.